The minimum absolute atomic E-state index is 0.154. The zero-order valence-corrected chi connectivity index (χ0v) is 13.0. The quantitative estimate of drug-likeness (QED) is 0.904. The molecule has 0 saturated heterocycles. The Labute approximate surface area is 136 Å². The molecule has 2 atom stereocenters. The van der Waals surface area contributed by atoms with Crippen molar-refractivity contribution >= 4 is 29.1 Å². The van der Waals surface area contributed by atoms with Crippen molar-refractivity contribution < 1.29 is 13.9 Å². The summed E-state index contributed by atoms with van der Waals surface area (Å²) in [4.78, 5) is 16.2. The lowest BCUT2D eigenvalue weighted by Crippen LogP contribution is -2.34. The predicted molar refractivity (Wildman–Crippen MR) is 81.0 cm³/mol. The number of hydrogen-bond donors (Lipinski definition) is 1. The van der Waals surface area contributed by atoms with Crippen molar-refractivity contribution in [2.45, 2.75) is 19.1 Å². The average Bonchev–Trinajstić information content (AvgIpc) is 2.74. The third-order valence-corrected chi connectivity index (χ3v) is 4.03. The number of nitrogens with one attached hydrogen (secondary N) is 1. The minimum Gasteiger partial charge on any atom is -0.488 e. The van der Waals surface area contributed by atoms with E-state index in [2.05, 4.69) is 10.3 Å². The summed E-state index contributed by atoms with van der Waals surface area (Å²) in [7, 11) is 0. The summed E-state index contributed by atoms with van der Waals surface area (Å²) in [6.45, 7) is 1.79. The second-order valence-electron chi connectivity index (χ2n) is 4.93. The molecule has 3 rings (SSSR count). The number of aromatic nitrogens is 1. The molecule has 4 nitrogen and oxygen atoms in total. The monoisotopic (exact) mass is 340 g/mol. The van der Waals surface area contributed by atoms with Crippen molar-refractivity contribution in [3.05, 3.63) is 57.6 Å². The third-order valence-electron chi connectivity index (χ3n) is 3.46. The van der Waals surface area contributed by atoms with E-state index >= 15 is 0 Å². The number of halogens is 3. The first-order chi connectivity index (χ1) is 10.5. The molecule has 1 aromatic carbocycles. The summed E-state index contributed by atoms with van der Waals surface area (Å²) in [5, 5.41) is 3.14. The molecular weight excluding hydrogens is 330 g/mol. The van der Waals surface area contributed by atoms with Crippen LogP contribution in [0.15, 0.2) is 30.6 Å². The summed E-state index contributed by atoms with van der Waals surface area (Å²) >= 11 is 12.0. The zero-order valence-electron chi connectivity index (χ0n) is 11.4. The molecule has 0 spiro atoms. The first kappa shape index (κ1) is 15.1. The van der Waals surface area contributed by atoms with Gasteiger partial charge in [-0.05, 0) is 13.0 Å². The van der Waals surface area contributed by atoms with Crippen LogP contribution in [-0.2, 0) is 0 Å². The first-order valence-electron chi connectivity index (χ1n) is 6.53. The Kier molecular flexibility index (Phi) is 3.93. The van der Waals surface area contributed by atoms with E-state index in [-0.39, 0.29) is 21.7 Å². The molecule has 22 heavy (non-hydrogen) atoms. The molecule has 1 N–H and O–H groups in total. The van der Waals surface area contributed by atoms with E-state index in [0.717, 1.165) is 0 Å². The Morgan fingerprint density at radius 2 is 2.00 bits per heavy atom. The van der Waals surface area contributed by atoms with E-state index in [1.807, 2.05) is 0 Å². The van der Waals surface area contributed by atoms with Crippen LogP contribution in [0.2, 0.25) is 10.0 Å². The van der Waals surface area contributed by atoms with Gasteiger partial charge in [-0.25, -0.2) is 4.39 Å². The number of carbonyl (C=O) groups excluding carboxylic acids is 1. The molecule has 2 aromatic rings. The maximum Gasteiger partial charge on any atom is 0.255 e. The van der Waals surface area contributed by atoms with Crippen molar-refractivity contribution in [3.8, 4) is 5.75 Å². The van der Waals surface area contributed by atoms with Crippen LogP contribution in [0.25, 0.3) is 0 Å². The molecule has 1 aliphatic rings. The van der Waals surface area contributed by atoms with Crippen LogP contribution in [0.4, 0.5) is 4.39 Å². The number of nitrogens with zero attached hydrogens (tertiary/aromatic N) is 1. The fourth-order valence-corrected chi connectivity index (χ4v) is 2.96. The average molecular weight is 341 g/mol. The van der Waals surface area contributed by atoms with Gasteiger partial charge in [0.25, 0.3) is 5.91 Å². The SMILES string of the molecule is C[C@H]1Oc2cc(F)ccc2[C@@H]1NC(=O)c1c(Cl)cncc1Cl. The van der Waals surface area contributed by atoms with Gasteiger partial charge in [0.2, 0.25) is 0 Å². The highest BCUT2D eigenvalue weighted by Crippen LogP contribution is 2.37. The van der Waals surface area contributed by atoms with Crippen LogP contribution in [-0.4, -0.2) is 17.0 Å². The van der Waals surface area contributed by atoms with Crippen molar-refractivity contribution in [1.82, 2.24) is 10.3 Å². The van der Waals surface area contributed by atoms with Gasteiger partial charge in [-0.3, -0.25) is 9.78 Å². The number of hydrogen-bond acceptors (Lipinski definition) is 3. The van der Waals surface area contributed by atoms with Gasteiger partial charge in [0.1, 0.15) is 17.7 Å². The second kappa shape index (κ2) is 5.74. The largest absolute Gasteiger partial charge is 0.488 e. The highest BCUT2D eigenvalue weighted by Gasteiger charge is 2.33. The van der Waals surface area contributed by atoms with Gasteiger partial charge in [0.15, 0.2) is 0 Å². The van der Waals surface area contributed by atoms with E-state index in [0.29, 0.717) is 11.3 Å². The van der Waals surface area contributed by atoms with Crippen molar-refractivity contribution in [2.75, 3.05) is 0 Å². The van der Waals surface area contributed by atoms with Crippen molar-refractivity contribution in [3.63, 3.8) is 0 Å². The number of carbonyl (C=O) groups is 1. The smallest absolute Gasteiger partial charge is 0.255 e. The van der Waals surface area contributed by atoms with E-state index in [1.165, 1.54) is 24.5 Å². The van der Waals surface area contributed by atoms with Crippen LogP contribution in [0.5, 0.6) is 5.75 Å². The molecule has 0 saturated carbocycles. The van der Waals surface area contributed by atoms with Gasteiger partial charge >= 0.3 is 0 Å². The molecular formula is C15H11Cl2FN2O2. The summed E-state index contributed by atoms with van der Waals surface area (Å²) < 4.78 is 18.8. The molecule has 0 fully saturated rings. The number of ether oxygens (including phenoxy) is 1. The molecule has 2 heterocycles. The van der Waals surface area contributed by atoms with Crippen molar-refractivity contribution in [2.24, 2.45) is 0 Å². The van der Waals surface area contributed by atoms with E-state index in [4.69, 9.17) is 27.9 Å². The number of benzene rings is 1. The van der Waals surface area contributed by atoms with Crippen molar-refractivity contribution in [1.29, 1.82) is 0 Å². The van der Waals surface area contributed by atoms with E-state index < -0.39 is 17.8 Å². The Morgan fingerprint density at radius 1 is 1.32 bits per heavy atom. The predicted octanol–water partition coefficient (Wildman–Crippen LogP) is 3.78. The van der Waals surface area contributed by atoms with Crippen LogP contribution in [0, 0.1) is 5.82 Å². The Balaban J connectivity index is 1.89. The molecule has 0 aliphatic carbocycles. The Bertz CT molecular complexity index is 734. The van der Waals surface area contributed by atoms with Crippen LogP contribution < -0.4 is 10.1 Å². The molecule has 1 amide bonds. The maximum absolute atomic E-state index is 13.2. The Hall–Kier alpha value is -1.85. The standard InChI is InChI=1S/C15H11Cl2FN2O2/c1-7-14(9-3-2-8(18)4-12(9)22-7)20-15(21)13-10(16)5-19-6-11(13)17/h2-7,14H,1H3,(H,20,21)/t7-,14-/m1/s1. The fourth-order valence-electron chi connectivity index (χ4n) is 2.43. The normalized spacial score (nSPS) is 19.5. The third kappa shape index (κ3) is 2.62. The molecule has 1 aliphatic heterocycles. The van der Waals surface area contributed by atoms with Gasteiger partial charge in [-0.2, -0.15) is 0 Å². The van der Waals surface area contributed by atoms with Crippen LogP contribution in [0.1, 0.15) is 28.9 Å². The van der Waals surface area contributed by atoms with Gasteiger partial charge in [0, 0.05) is 24.0 Å². The number of rotatable bonds is 2. The first-order valence-corrected chi connectivity index (χ1v) is 7.29. The molecule has 7 heteroatoms. The summed E-state index contributed by atoms with van der Waals surface area (Å²) in [6.07, 6.45) is 2.36. The van der Waals surface area contributed by atoms with Gasteiger partial charge in [-0.15, -0.1) is 0 Å². The molecule has 0 radical (unpaired) electrons. The second-order valence-corrected chi connectivity index (χ2v) is 5.75. The van der Waals surface area contributed by atoms with E-state index in [9.17, 15) is 9.18 Å². The maximum atomic E-state index is 13.2. The fraction of sp³-hybridized carbons (Fsp3) is 0.200. The minimum atomic E-state index is -0.435. The highest BCUT2D eigenvalue weighted by atomic mass is 35.5. The zero-order chi connectivity index (χ0) is 15.9. The van der Waals surface area contributed by atoms with Gasteiger partial charge < -0.3 is 10.1 Å². The topological polar surface area (TPSA) is 51.2 Å². The molecule has 0 bridgehead atoms. The van der Waals surface area contributed by atoms with Gasteiger partial charge in [0.05, 0.1) is 21.7 Å². The Morgan fingerprint density at radius 3 is 2.68 bits per heavy atom. The lowest BCUT2D eigenvalue weighted by atomic mass is 10.0. The summed E-state index contributed by atoms with van der Waals surface area (Å²) in [5.74, 6) is -0.405. The lowest BCUT2D eigenvalue weighted by molar-refractivity contribution is 0.0908. The molecule has 114 valence electrons. The lowest BCUT2D eigenvalue weighted by Gasteiger charge is -2.17. The van der Waals surface area contributed by atoms with Crippen LogP contribution >= 0.6 is 23.2 Å². The number of fused-ring (bicyclic) bond motifs is 1. The van der Waals surface area contributed by atoms with Gasteiger partial charge in [-0.1, -0.05) is 29.3 Å². The number of amides is 1. The molecule has 0 unspecified atom stereocenters. The molecule has 1 aromatic heterocycles. The summed E-state index contributed by atoms with van der Waals surface area (Å²) in [6, 6.07) is 3.80. The van der Waals surface area contributed by atoms with Crippen LogP contribution in [0.3, 0.4) is 0 Å². The number of pyridine rings is 1. The highest BCUT2D eigenvalue weighted by molar-refractivity contribution is 6.39. The van der Waals surface area contributed by atoms with E-state index in [1.54, 1.807) is 13.0 Å². The summed E-state index contributed by atoms with van der Waals surface area (Å²) in [5.41, 5.74) is 0.865.